The van der Waals surface area contributed by atoms with Gasteiger partial charge in [0.05, 0.1) is 6.07 Å². The summed E-state index contributed by atoms with van der Waals surface area (Å²) in [6.45, 7) is 2.13. The van der Waals surface area contributed by atoms with Crippen LogP contribution in [0.1, 0.15) is 29.3 Å². The van der Waals surface area contributed by atoms with E-state index in [9.17, 15) is 0 Å². The van der Waals surface area contributed by atoms with Crippen LogP contribution in [-0.4, -0.2) is 19.0 Å². The molecule has 14 heavy (non-hydrogen) atoms. The molecule has 0 N–H and O–H groups in total. The van der Waals surface area contributed by atoms with Crippen molar-refractivity contribution in [1.82, 2.24) is 4.90 Å². The van der Waals surface area contributed by atoms with Gasteiger partial charge in [0.15, 0.2) is 0 Å². The molecule has 1 rings (SSSR count). The second kappa shape index (κ2) is 5.14. The van der Waals surface area contributed by atoms with Crippen molar-refractivity contribution in [2.45, 2.75) is 25.8 Å². The molecule has 0 radical (unpaired) electrons. The van der Waals surface area contributed by atoms with Gasteiger partial charge in [-0.25, -0.2) is 0 Å². The van der Waals surface area contributed by atoms with E-state index >= 15 is 0 Å². The lowest BCUT2D eigenvalue weighted by Gasteiger charge is -2.23. The molecule has 0 spiro atoms. The molecule has 76 valence electrons. The van der Waals surface area contributed by atoms with Crippen molar-refractivity contribution >= 4 is 11.3 Å². The molecule has 1 unspecified atom stereocenters. The predicted molar refractivity (Wildman–Crippen MR) is 60.3 cm³/mol. The highest BCUT2D eigenvalue weighted by atomic mass is 32.1. The van der Waals surface area contributed by atoms with Gasteiger partial charge in [0, 0.05) is 17.3 Å². The SMILES string of the molecule is Cc1ccsc1C(CCC#N)N(C)C. The summed E-state index contributed by atoms with van der Waals surface area (Å²) >= 11 is 1.79. The Kier molecular flexibility index (Phi) is 4.12. The maximum absolute atomic E-state index is 8.60. The van der Waals surface area contributed by atoms with Gasteiger partial charge in [-0.05, 0) is 44.4 Å². The normalized spacial score (nSPS) is 12.8. The molecule has 0 amide bonds. The Labute approximate surface area is 89.8 Å². The molecule has 1 heterocycles. The Hall–Kier alpha value is -0.850. The zero-order valence-electron chi connectivity index (χ0n) is 8.95. The monoisotopic (exact) mass is 208 g/mol. The van der Waals surface area contributed by atoms with Crippen molar-refractivity contribution in [3.8, 4) is 6.07 Å². The average molecular weight is 208 g/mol. The highest BCUT2D eigenvalue weighted by molar-refractivity contribution is 7.10. The molecule has 0 bridgehead atoms. The van der Waals surface area contributed by atoms with Crippen molar-refractivity contribution < 1.29 is 0 Å². The number of hydrogen-bond acceptors (Lipinski definition) is 3. The lowest BCUT2D eigenvalue weighted by Crippen LogP contribution is -2.19. The Bertz CT molecular complexity index is 322. The number of aryl methyl sites for hydroxylation is 1. The smallest absolute Gasteiger partial charge is 0.0622 e. The highest BCUT2D eigenvalue weighted by Crippen LogP contribution is 2.30. The van der Waals surface area contributed by atoms with Crippen LogP contribution < -0.4 is 0 Å². The van der Waals surface area contributed by atoms with E-state index in [4.69, 9.17) is 5.26 Å². The highest BCUT2D eigenvalue weighted by Gasteiger charge is 2.16. The largest absolute Gasteiger partial charge is 0.302 e. The molecule has 3 heteroatoms. The predicted octanol–water partition coefficient (Wildman–Crippen LogP) is 2.96. The molecule has 1 aromatic heterocycles. The number of hydrogen-bond donors (Lipinski definition) is 0. The van der Waals surface area contributed by atoms with E-state index in [1.54, 1.807) is 11.3 Å². The molecule has 1 aromatic rings. The topological polar surface area (TPSA) is 27.0 Å². The van der Waals surface area contributed by atoms with E-state index in [0.29, 0.717) is 12.5 Å². The maximum Gasteiger partial charge on any atom is 0.0622 e. The first kappa shape index (κ1) is 11.2. The van der Waals surface area contributed by atoms with Gasteiger partial charge >= 0.3 is 0 Å². The second-order valence-corrected chi connectivity index (χ2v) is 4.59. The van der Waals surface area contributed by atoms with Crippen molar-refractivity contribution in [3.05, 3.63) is 21.9 Å². The molecule has 0 saturated heterocycles. The third-order valence-corrected chi connectivity index (χ3v) is 3.48. The molecule has 0 aliphatic rings. The molecule has 0 aromatic carbocycles. The second-order valence-electron chi connectivity index (χ2n) is 3.64. The fourth-order valence-corrected chi connectivity index (χ4v) is 2.71. The summed E-state index contributed by atoms with van der Waals surface area (Å²) in [6, 6.07) is 4.75. The molecular weight excluding hydrogens is 192 g/mol. The Morgan fingerprint density at radius 1 is 1.57 bits per heavy atom. The lowest BCUT2D eigenvalue weighted by atomic mass is 10.1. The minimum Gasteiger partial charge on any atom is -0.302 e. The first-order chi connectivity index (χ1) is 6.66. The van der Waals surface area contributed by atoms with Crippen LogP contribution in [0.5, 0.6) is 0 Å². The molecule has 0 aliphatic heterocycles. The third-order valence-electron chi connectivity index (χ3n) is 2.36. The Balaban J connectivity index is 2.79. The third kappa shape index (κ3) is 2.57. The summed E-state index contributed by atoms with van der Waals surface area (Å²) < 4.78 is 0. The van der Waals surface area contributed by atoms with Crippen LogP contribution in [0.4, 0.5) is 0 Å². The first-order valence-corrected chi connectivity index (χ1v) is 5.62. The molecule has 0 aliphatic carbocycles. The number of thiophene rings is 1. The van der Waals surface area contributed by atoms with Gasteiger partial charge in [-0.2, -0.15) is 5.26 Å². The summed E-state index contributed by atoms with van der Waals surface area (Å²) in [5, 5.41) is 10.7. The van der Waals surface area contributed by atoms with Crippen LogP contribution in [0.15, 0.2) is 11.4 Å². The van der Waals surface area contributed by atoms with Crippen LogP contribution in [0.3, 0.4) is 0 Å². The van der Waals surface area contributed by atoms with Gasteiger partial charge in [-0.15, -0.1) is 11.3 Å². The first-order valence-electron chi connectivity index (χ1n) is 4.74. The van der Waals surface area contributed by atoms with Gasteiger partial charge in [0.1, 0.15) is 0 Å². The maximum atomic E-state index is 8.60. The number of rotatable bonds is 4. The van der Waals surface area contributed by atoms with Crippen LogP contribution >= 0.6 is 11.3 Å². The number of nitriles is 1. The van der Waals surface area contributed by atoms with Crippen LogP contribution in [0, 0.1) is 18.3 Å². The van der Waals surface area contributed by atoms with Gasteiger partial charge in [0.25, 0.3) is 0 Å². The standard InChI is InChI=1S/C11H16N2S/c1-9-6-8-14-11(9)10(13(2)3)5-4-7-12/h6,8,10H,4-5H2,1-3H3. The minimum atomic E-state index is 0.398. The molecule has 0 fully saturated rings. The quantitative estimate of drug-likeness (QED) is 0.760. The zero-order valence-corrected chi connectivity index (χ0v) is 9.77. The van der Waals surface area contributed by atoms with Gasteiger partial charge in [-0.1, -0.05) is 0 Å². The van der Waals surface area contributed by atoms with Crippen molar-refractivity contribution in [2.24, 2.45) is 0 Å². The Morgan fingerprint density at radius 2 is 2.29 bits per heavy atom. The summed E-state index contributed by atoms with van der Waals surface area (Å²) in [5.41, 5.74) is 1.34. The molecule has 0 saturated carbocycles. The van der Waals surface area contributed by atoms with E-state index in [0.717, 1.165) is 6.42 Å². The fourth-order valence-electron chi connectivity index (χ4n) is 1.55. The van der Waals surface area contributed by atoms with Crippen molar-refractivity contribution in [1.29, 1.82) is 5.26 Å². The van der Waals surface area contributed by atoms with Gasteiger partial charge in [0.2, 0.25) is 0 Å². The summed E-state index contributed by atoms with van der Waals surface area (Å²) in [5.74, 6) is 0. The number of nitrogens with zero attached hydrogens (tertiary/aromatic N) is 2. The molecule has 1 atom stereocenters. The fraction of sp³-hybridized carbons (Fsp3) is 0.545. The van der Waals surface area contributed by atoms with E-state index in [1.165, 1.54) is 10.4 Å². The van der Waals surface area contributed by atoms with E-state index in [2.05, 4.69) is 43.4 Å². The van der Waals surface area contributed by atoms with E-state index in [1.807, 2.05) is 0 Å². The lowest BCUT2D eigenvalue weighted by molar-refractivity contribution is 0.289. The van der Waals surface area contributed by atoms with Crippen LogP contribution in [0.2, 0.25) is 0 Å². The average Bonchev–Trinajstić information content (AvgIpc) is 2.52. The van der Waals surface area contributed by atoms with Gasteiger partial charge < -0.3 is 4.90 Å². The zero-order chi connectivity index (χ0) is 10.6. The van der Waals surface area contributed by atoms with Gasteiger partial charge in [-0.3, -0.25) is 0 Å². The van der Waals surface area contributed by atoms with Crippen LogP contribution in [0.25, 0.3) is 0 Å². The Morgan fingerprint density at radius 3 is 2.71 bits per heavy atom. The molecule has 2 nitrogen and oxygen atoms in total. The minimum absolute atomic E-state index is 0.398. The van der Waals surface area contributed by atoms with E-state index < -0.39 is 0 Å². The summed E-state index contributed by atoms with van der Waals surface area (Å²) in [4.78, 5) is 3.58. The summed E-state index contributed by atoms with van der Waals surface area (Å²) in [7, 11) is 4.14. The van der Waals surface area contributed by atoms with Crippen molar-refractivity contribution in [3.63, 3.8) is 0 Å². The van der Waals surface area contributed by atoms with E-state index in [-0.39, 0.29) is 0 Å². The van der Waals surface area contributed by atoms with Crippen LogP contribution in [-0.2, 0) is 0 Å². The summed E-state index contributed by atoms with van der Waals surface area (Å²) in [6.07, 6.45) is 1.55. The van der Waals surface area contributed by atoms with Crippen molar-refractivity contribution in [2.75, 3.05) is 14.1 Å². The molecular formula is C11H16N2S.